The molecule has 0 radical (unpaired) electrons. The molecule has 4 nitrogen and oxygen atoms in total. The maximum Gasteiger partial charge on any atom is 0.251 e. The van der Waals surface area contributed by atoms with Crippen LogP contribution in [0.3, 0.4) is 0 Å². The minimum Gasteiger partial charge on any atom is -0.293 e. The van der Waals surface area contributed by atoms with Crippen molar-refractivity contribution < 1.29 is 4.79 Å². The first-order chi connectivity index (χ1) is 8.24. The van der Waals surface area contributed by atoms with E-state index in [4.69, 9.17) is 5.84 Å². The molecule has 1 unspecified atom stereocenters. The molecular weight excluding hydrogens is 214 g/mol. The Kier molecular flexibility index (Phi) is 6.52. The Bertz CT molecular complexity index is 227. The van der Waals surface area contributed by atoms with E-state index in [-0.39, 0.29) is 11.9 Å². The number of hydrogen-bond acceptors (Lipinski definition) is 3. The molecule has 1 fully saturated rings. The second-order valence-corrected chi connectivity index (χ2v) is 4.94. The standard InChI is InChI=1S/C13H27N3O/c1-3-8-12(13(17)15-14)16(4-2)11-9-6-5-7-10-11/h11-12H,3-10,14H2,1-2H3,(H,15,17). The van der Waals surface area contributed by atoms with E-state index in [1.807, 2.05) is 0 Å². The normalized spacial score (nSPS) is 19.3. The number of nitrogens with two attached hydrogens (primary N) is 1. The Labute approximate surface area is 105 Å². The van der Waals surface area contributed by atoms with Crippen LogP contribution < -0.4 is 11.3 Å². The van der Waals surface area contributed by atoms with Gasteiger partial charge in [-0.2, -0.15) is 0 Å². The third kappa shape index (κ3) is 3.96. The summed E-state index contributed by atoms with van der Waals surface area (Å²) in [6.45, 7) is 5.19. The van der Waals surface area contributed by atoms with Crippen molar-refractivity contribution in [3.05, 3.63) is 0 Å². The van der Waals surface area contributed by atoms with Crippen LogP contribution in [-0.2, 0) is 4.79 Å². The van der Waals surface area contributed by atoms with Crippen molar-refractivity contribution in [3.63, 3.8) is 0 Å². The second kappa shape index (κ2) is 7.67. The Morgan fingerprint density at radius 3 is 2.47 bits per heavy atom. The molecular formula is C13H27N3O. The van der Waals surface area contributed by atoms with Crippen LogP contribution in [0.2, 0.25) is 0 Å². The third-order valence-electron chi connectivity index (χ3n) is 3.82. The maximum absolute atomic E-state index is 11.9. The highest BCUT2D eigenvalue weighted by molar-refractivity contribution is 5.81. The fraction of sp³-hybridized carbons (Fsp3) is 0.923. The molecule has 1 saturated carbocycles. The molecule has 0 aliphatic heterocycles. The first-order valence-electron chi connectivity index (χ1n) is 7.00. The van der Waals surface area contributed by atoms with E-state index in [1.165, 1.54) is 32.1 Å². The summed E-state index contributed by atoms with van der Waals surface area (Å²) in [5.41, 5.74) is 2.32. The van der Waals surface area contributed by atoms with Crippen molar-refractivity contribution in [2.75, 3.05) is 6.54 Å². The smallest absolute Gasteiger partial charge is 0.251 e. The predicted octanol–water partition coefficient (Wildman–Crippen LogP) is 1.80. The van der Waals surface area contributed by atoms with Crippen LogP contribution in [0, 0.1) is 0 Å². The molecule has 1 aliphatic rings. The van der Waals surface area contributed by atoms with Gasteiger partial charge in [0, 0.05) is 6.04 Å². The van der Waals surface area contributed by atoms with Crippen molar-refractivity contribution in [1.82, 2.24) is 10.3 Å². The first-order valence-corrected chi connectivity index (χ1v) is 7.00. The minimum atomic E-state index is -0.0434. The molecule has 4 heteroatoms. The third-order valence-corrected chi connectivity index (χ3v) is 3.82. The van der Waals surface area contributed by atoms with E-state index in [0.717, 1.165) is 19.4 Å². The lowest BCUT2D eigenvalue weighted by Gasteiger charge is -2.38. The van der Waals surface area contributed by atoms with Gasteiger partial charge in [-0.05, 0) is 25.8 Å². The summed E-state index contributed by atoms with van der Waals surface area (Å²) < 4.78 is 0. The van der Waals surface area contributed by atoms with Gasteiger partial charge in [-0.15, -0.1) is 0 Å². The predicted molar refractivity (Wildman–Crippen MR) is 70.3 cm³/mol. The Morgan fingerprint density at radius 2 is 2.00 bits per heavy atom. The van der Waals surface area contributed by atoms with Gasteiger partial charge in [-0.25, -0.2) is 5.84 Å². The summed E-state index contributed by atoms with van der Waals surface area (Å²) in [5.74, 6) is 5.27. The molecule has 0 aromatic heterocycles. The fourth-order valence-electron chi connectivity index (χ4n) is 2.96. The summed E-state index contributed by atoms with van der Waals surface area (Å²) in [5, 5.41) is 0. The zero-order valence-electron chi connectivity index (χ0n) is 11.2. The number of hydrogen-bond donors (Lipinski definition) is 2. The lowest BCUT2D eigenvalue weighted by molar-refractivity contribution is -0.128. The lowest BCUT2D eigenvalue weighted by Crippen LogP contribution is -2.53. The van der Waals surface area contributed by atoms with Crippen molar-refractivity contribution in [2.45, 2.75) is 70.9 Å². The van der Waals surface area contributed by atoms with Crippen LogP contribution in [0.25, 0.3) is 0 Å². The highest BCUT2D eigenvalue weighted by Crippen LogP contribution is 2.25. The monoisotopic (exact) mass is 241 g/mol. The highest BCUT2D eigenvalue weighted by Gasteiger charge is 2.30. The number of nitrogens with one attached hydrogen (secondary N) is 1. The average Bonchev–Trinajstić information content (AvgIpc) is 2.39. The first kappa shape index (κ1) is 14.5. The van der Waals surface area contributed by atoms with Gasteiger partial charge in [0.1, 0.15) is 0 Å². The van der Waals surface area contributed by atoms with Crippen LogP contribution in [0.4, 0.5) is 0 Å². The SMILES string of the molecule is CCCC(C(=O)NN)N(CC)C1CCCCC1. The van der Waals surface area contributed by atoms with E-state index in [0.29, 0.717) is 6.04 Å². The zero-order chi connectivity index (χ0) is 12.7. The van der Waals surface area contributed by atoms with E-state index in [2.05, 4.69) is 24.2 Å². The van der Waals surface area contributed by atoms with Gasteiger partial charge >= 0.3 is 0 Å². The van der Waals surface area contributed by atoms with E-state index < -0.39 is 0 Å². The summed E-state index contributed by atoms with van der Waals surface area (Å²) in [6.07, 6.45) is 8.30. The van der Waals surface area contributed by atoms with Crippen molar-refractivity contribution >= 4 is 5.91 Å². The molecule has 1 atom stereocenters. The molecule has 0 aromatic carbocycles. The van der Waals surface area contributed by atoms with E-state index >= 15 is 0 Å². The van der Waals surface area contributed by atoms with Crippen molar-refractivity contribution in [2.24, 2.45) is 5.84 Å². The van der Waals surface area contributed by atoms with Crippen LogP contribution in [-0.4, -0.2) is 29.4 Å². The Morgan fingerprint density at radius 1 is 1.35 bits per heavy atom. The fourth-order valence-corrected chi connectivity index (χ4v) is 2.96. The quantitative estimate of drug-likeness (QED) is 0.423. The molecule has 0 saturated heterocycles. The Hall–Kier alpha value is -0.610. The zero-order valence-corrected chi connectivity index (χ0v) is 11.2. The number of nitrogens with zero attached hydrogens (tertiary/aromatic N) is 1. The number of amides is 1. The number of rotatable bonds is 6. The molecule has 100 valence electrons. The maximum atomic E-state index is 11.9. The minimum absolute atomic E-state index is 0.0285. The number of hydrazine groups is 1. The molecule has 0 aromatic rings. The van der Waals surface area contributed by atoms with Gasteiger partial charge in [0.25, 0.3) is 5.91 Å². The van der Waals surface area contributed by atoms with Gasteiger partial charge in [0.2, 0.25) is 0 Å². The molecule has 1 aliphatic carbocycles. The molecule has 0 bridgehead atoms. The van der Waals surface area contributed by atoms with Gasteiger partial charge < -0.3 is 0 Å². The number of carbonyl (C=O) groups excluding carboxylic acids is 1. The Balaban J connectivity index is 2.68. The molecule has 3 N–H and O–H groups in total. The summed E-state index contributed by atoms with van der Waals surface area (Å²) in [6, 6.07) is 0.528. The summed E-state index contributed by atoms with van der Waals surface area (Å²) in [4.78, 5) is 14.2. The molecule has 1 rings (SSSR count). The van der Waals surface area contributed by atoms with Crippen molar-refractivity contribution in [3.8, 4) is 0 Å². The largest absolute Gasteiger partial charge is 0.293 e. The molecule has 1 amide bonds. The van der Waals surface area contributed by atoms with E-state index in [1.54, 1.807) is 0 Å². The van der Waals surface area contributed by atoms with Crippen LogP contribution in [0.5, 0.6) is 0 Å². The average molecular weight is 241 g/mol. The molecule has 0 spiro atoms. The molecule has 0 heterocycles. The van der Waals surface area contributed by atoms with Crippen LogP contribution >= 0.6 is 0 Å². The second-order valence-electron chi connectivity index (χ2n) is 4.94. The summed E-state index contributed by atoms with van der Waals surface area (Å²) >= 11 is 0. The highest BCUT2D eigenvalue weighted by atomic mass is 16.2. The van der Waals surface area contributed by atoms with Crippen molar-refractivity contribution in [1.29, 1.82) is 0 Å². The van der Waals surface area contributed by atoms with Gasteiger partial charge in [-0.3, -0.25) is 15.1 Å². The number of likely N-dealkylation sites (N-methyl/N-ethyl adjacent to an activating group) is 1. The number of carbonyl (C=O) groups is 1. The lowest BCUT2D eigenvalue weighted by atomic mass is 9.92. The topological polar surface area (TPSA) is 58.4 Å². The van der Waals surface area contributed by atoms with Gasteiger partial charge in [0.05, 0.1) is 6.04 Å². The van der Waals surface area contributed by atoms with Crippen LogP contribution in [0.1, 0.15) is 58.8 Å². The van der Waals surface area contributed by atoms with Gasteiger partial charge in [-0.1, -0.05) is 39.5 Å². The van der Waals surface area contributed by atoms with Crippen LogP contribution in [0.15, 0.2) is 0 Å². The van der Waals surface area contributed by atoms with Gasteiger partial charge in [0.15, 0.2) is 0 Å². The summed E-state index contributed by atoms with van der Waals surface area (Å²) in [7, 11) is 0. The van der Waals surface area contributed by atoms with E-state index in [9.17, 15) is 4.79 Å². The molecule has 17 heavy (non-hydrogen) atoms.